The molecule has 38 heavy (non-hydrogen) atoms. The van der Waals surface area contributed by atoms with E-state index in [0.717, 1.165) is 49.3 Å². The molecule has 1 rings (SSSR count). The molecule has 0 aromatic heterocycles. The number of ether oxygens (including phenoxy) is 6. The summed E-state index contributed by atoms with van der Waals surface area (Å²) in [7, 11) is 3.26. The molecule has 0 unspecified atom stereocenters. The van der Waals surface area contributed by atoms with Crippen molar-refractivity contribution in [3.63, 3.8) is 0 Å². The second-order valence-electron chi connectivity index (χ2n) is 7.91. The van der Waals surface area contributed by atoms with E-state index >= 15 is 0 Å². The van der Waals surface area contributed by atoms with Crippen LogP contribution >= 0.6 is 21.6 Å². The van der Waals surface area contributed by atoms with E-state index in [-0.39, 0.29) is 19.0 Å². The van der Waals surface area contributed by atoms with Crippen molar-refractivity contribution in [1.29, 1.82) is 0 Å². The number of carbonyl (C=O) groups is 6. The maximum atomic E-state index is 12.3. The van der Waals surface area contributed by atoms with Gasteiger partial charge in [-0.1, -0.05) is 21.6 Å². The van der Waals surface area contributed by atoms with E-state index in [4.69, 9.17) is 39.3 Å². The molecule has 1 saturated heterocycles. The molecular weight excluding hydrogens is 552 g/mol. The number of nitrogens with one attached hydrogen (secondary N) is 1. The van der Waals surface area contributed by atoms with Crippen LogP contribution in [0, 0.1) is 0 Å². The summed E-state index contributed by atoms with van der Waals surface area (Å²) >= 11 is 0. The lowest BCUT2D eigenvalue weighted by atomic mass is 9.99. The van der Waals surface area contributed by atoms with Gasteiger partial charge in [0.05, 0.1) is 12.6 Å². The number of carboxylic acids is 1. The third-order valence-electron chi connectivity index (χ3n) is 4.64. The Kier molecular flexibility index (Phi) is 14.4. The zero-order chi connectivity index (χ0) is 29.0. The van der Waals surface area contributed by atoms with Crippen LogP contribution in [-0.2, 0) is 57.2 Å². The minimum absolute atomic E-state index is 0.0390. The topological polar surface area (TPSA) is 216 Å². The Labute approximate surface area is 226 Å². The highest BCUT2D eigenvalue weighted by Crippen LogP contribution is 2.39. The third kappa shape index (κ3) is 11.4. The Morgan fingerprint density at radius 3 is 1.97 bits per heavy atom. The molecule has 17 heteroatoms. The molecule has 1 fully saturated rings. The number of nitrogens with two attached hydrogens (primary N) is 1. The molecule has 1 aliphatic rings. The quantitative estimate of drug-likeness (QED) is 0.127. The SMILES string of the molecule is COC[C@H](NC(=O)[C@H](N)CSS[C@@H]1O[C@H](COC(C)=O)[C@@H](OC(C)=O)[C@H](OC(C)=O)[C@H]1OC(C)=O)C(=O)O. The fourth-order valence-corrected chi connectivity index (χ4v) is 5.70. The summed E-state index contributed by atoms with van der Waals surface area (Å²) in [6.45, 7) is 3.85. The number of rotatable bonds is 14. The van der Waals surface area contributed by atoms with E-state index in [0.29, 0.717) is 0 Å². The first-order valence-electron chi connectivity index (χ1n) is 11.1. The number of amides is 1. The van der Waals surface area contributed by atoms with Crippen molar-refractivity contribution in [2.24, 2.45) is 5.73 Å². The first-order valence-corrected chi connectivity index (χ1v) is 13.5. The molecule has 0 spiro atoms. The van der Waals surface area contributed by atoms with Gasteiger partial charge in [-0.3, -0.25) is 24.0 Å². The monoisotopic (exact) mass is 584 g/mol. The summed E-state index contributed by atoms with van der Waals surface area (Å²) in [5.41, 5.74) is 4.82. The molecule has 0 saturated carbocycles. The molecule has 1 aliphatic heterocycles. The van der Waals surface area contributed by atoms with Crippen LogP contribution in [0.4, 0.5) is 0 Å². The summed E-state index contributed by atoms with van der Waals surface area (Å²) < 4.78 is 31.7. The van der Waals surface area contributed by atoms with Gasteiger partial charge in [0.15, 0.2) is 29.8 Å². The van der Waals surface area contributed by atoms with Gasteiger partial charge < -0.3 is 44.6 Å². The number of hydrogen-bond donors (Lipinski definition) is 3. The Balaban J connectivity index is 3.08. The van der Waals surface area contributed by atoms with E-state index in [1.54, 1.807) is 0 Å². The largest absolute Gasteiger partial charge is 0.480 e. The van der Waals surface area contributed by atoms with Crippen molar-refractivity contribution >= 4 is 57.3 Å². The Morgan fingerprint density at radius 2 is 1.47 bits per heavy atom. The molecule has 0 aromatic rings. The van der Waals surface area contributed by atoms with Gasteiger partial charge in [0.1, 0.15) is 12.7 Å². The van der Waals surface area contributed by atoms with Crippen LogP contribution < -0.4 is 11.1 Å². The Morgan fingerprint density at radius 1 is 0.921 bits per heavy atom. The second kappa shape index (κ2) is 16.4. The molecule has 7 atom stereocenters. The fourth-order valence-electron chi connectivity index (χ4n) is 3.14. The molecule has 1 amide bonds. The van der Waals surface area contributed by atoms with Crippen LogP contribution in [0.3, 0.4) is 0 Å². The minimum atomic E-state index is -1.32. The smallest absolute Gasteiger partial charge is 0.328 e. The van der Waals surface area contributed by atoms with E-state index in [1.807, 2.05) is 0 Å². The maximum Gasteiger partial charge on any atom is 0.328 e. The number of hydrogen-bond acceptors (Lipinski definition) is 15. The third-order valence-corrected chi connectivity index (χ3v) is 7.23. The van der Waals surface area contributed by atoms with Crippen LogP contribution in [-0.4, -0.2) is 109 Å². The summed E-state index contributed by atoms with van der Waals surface area (Å²) in [6, 6.07) is -2.44. The predicted molar refractivity (Wildman–Crippen MR) is 131 cm³/mol. The van der Waals surface area contributed by atoms with Crippen molar-refractivity contribution in [3.05, 3.63) is 0 Å². The molecule has 0 aliphatic carbocycles. The van der Waals surface area contributed by atoms with E-state index in [9.17, 15) is 28.8 Å². The molecule has 15 nitrogen and oxygen atoms in total. The highest BCUT2D eigenvalue weighted by atomic mass is 33.1. The van der Waals surface area contributed by atoms with Crippen molar-refractivity contribution in [2.45, 2.75) is 69.6 Å². The normalized spacial score (nSPS) is 24.3. The van der Waals surface area contributed by atoms with Gasteiger partial charge in [-0.2, -0.15) is 0 Å². The van der Waals surface area contributed by atoms with Gasteiger partial charge in [0.25, 0.3) is 0 Å². The van der Waals surface area contributed by atoms with E-state index < -0.39 is 77.7 Å². The minimum Gasteiger partial charge on any atom is -0.480 e. The zero-order valence-electron chi connectivity index (χ0n) is 21.4. The molecule has 4 N–H and O–H groups in total. The first-order chi connectivity index (χ1) is 17.8. The van der Waals surface area contributed by atoms with Crippen molar-refractivity contribution < 1.29 is 62.3 Å². The Bertz CT molecular complexity index is 874. The first kappa shape index (κ1) is 33.4. The number of esters is 4. The summed E-state index contributed by atoms with van der Waals surface area (Å²) in [6.07, 6.45) is -4.99. The number of aliphatic carboxylic acids is 1. The second-order valence-corrected chi connectivity index (χ2v) is 10.4. The lowest BCUT2D eigenvalue weighted by Crippen LogP contribution is -2.61. The average molecular weight is 585 g/mol. The van der Waals surface area contributed by atoms with Gasteiger partial charge in [0.2, 0.25) is 5.91 Å². The number of methoxy groups -OCH3 is 1. The molecule has 0 aromatic carbocycles. The maximum absolute atomic E-state index is 12.3. The van der Waals surface area contributed by atoms with Gasteiger partial charge in [-0.25, -0.2) is 4.79 Å². The molecular formula is C21H32N2O13S2. The van der Waals surface area contributed by atoms with Gasteiger partial charge in [-0.15, -0.1) is 0 Å². The van der Waals surface area contributed by atoms with Crippen molar-refractivity contribution in [3.8, 4) is 0 Å². The van der Waals surface area contributed by atoms with Gasteiger partial charge in [0, 0.05) is 40.6 Å². The van der Waals surface area contributed by atoms with Crippen molar-refractivity contribution in [2.75, 3.05) is 26.1 Å². The fraction of sp³-hybridized carbons (Fsp3) is 0.714. The predicted octanol–water partition coefficient (Wildman–Crippen LogP) is -1.01. The van der Waals surface area contributed by atoms with Crippen LogP contribution in [0.25, 0.3) is 0 Å². The average Bonchev–Trinajstić information content (AvgIpc) is 2.79. The molecule has 0 radical (unpaired) electrons. The van der Waals surface area contributed by atoms with E-state index in [2.05, 4.69) is 5.32 Å². The molecule has 216 valence electrons. The lowest BCUT2D eigenvalue weighted by molar-refractivity contribution is -0.237. The Hall–Kier alpha value is -2.60. The summed E-state index contributed by atoms with van der Waals surface area (Å²) in [5, 5.41) is 11.4. The van der Waals surface area contributed by atoms with Gasteiger partial charge >= 0.3 is 29.8 Å². The molecule has 1 heterocycles. The summed E-state index contributed by atoms with van der Waals surface area (Å²) in [4.78, 5) is 70.4. The zero-order valence-corrected chi connectivity index (χ0v) is 23.0. The number of carboxylic acid groups (broad SMARTS) is 1. The summed E-state index contributed by atoms with van der Waals surface area (Å²) in [5.74, 6) is -5.00. The van der Waals surface area contributed by atoms with Crippen LogP contribution in [0.2, 0.25) is 0 Å². The highest BCUT2D eigenvalue weighted by molar-refractivity contribution is 8.76. The number of carbonyl (C=O) groups excluding carboxylic acids is 5. The van der Waals surface area contributed by atoms with Crippen LogP contribution in [0.5, 0.6) is 0 Å². The van der Waals surface area contributed by atoms with Crippen LogP contribution in [0.1, 0.15) is 27.7 Å². The lowest BCUT2D eigenvalue weighted by Gasteiger charge is -2.44. The van der Waals surface area contributed by atoms with Crippen LogP contribution in [0.15, 0.2) is 0 Å². The highest BCUT2D eigenvalue weighted by Gasteiger charge is 2.52. The van der Waals surface area contributed by atoms with Gasteiger partial charge in [-0.05, 0) is 0 Å². The van der Waals surface area contributed by atoms with Crippen molar-refractivity contribution in [1.82, 2.24) is 5.32 Å². The van der Waals surface area contributed by atoms with E-state index in [1.165, 1.54) is 7.11 Å². The molecule has 0 bridgehead atoms. The standard InChI is InChI=1S/C21H32N2O13S2/c1-9(24)32-7-15-16(33-10(2)25)17(34-11(3)26)18(35-12(4)27)21(36-15)38-37-8-13(22)19(28)23-14(6-31-5)20(29)30/h13-18,21H,6-8,22H2,1-5H3,(H,23,28)(H,29,30)/t13-,14+,15-,16-,17+,18-,21+/m1/s1.